The van der Waals surface area contributed by atoms with E-state index in [4.69, 9.17) is 14.6 Å². The summed E-state index contributed by atoms with van der Waals surface area (Å²) in [5, 5.41) is 5.08. The van der Waals surface area contributed by atoms with Crippen LogP contribution in [0.25, 0.3) is 0 Å². The minimum Gasteiger partial charge on any atom is -0.488 e. The molecule has 0 spiro atoms. The standard InChI is InChI=1S/C11H15Br2NO4S/c1-7(3-4-17-2)18-11-9(12)5-8(6-10(11)13)19(14,15)16/h5-7H,3-4H2,1-2H3,(H2,14,15,16). The molecule has 0 fully saturated rings. The van der Waals surface area contributed by atoms with Crippen LogP contribution in [0.15, 0.2) is 26.0 Å². The van der Waals surface area contributed by atoms with E-state index in [0.717, 1.165) is 6.42 Å². The van der Waals surface area contributed by atoms with Crippen LogP contribution in [0, 0.1) is 0 Å². The summed E-state index contributed by atoms with van der Waals surface area (Å²) in [5.41, 5.74) is 0. The van der Waals surface area contributed by atoms with Crippen LogP contribution in [0.5, 0.6) is 5.75 Å². The molecule has 19 heavy (non-hydrogen) atoms. The van der Waals surface area contributed by atoms with E-state index in [-0.39, 0.29) is 11.0 Å². The first kappa shape index (κ1) is 16.9. The number of sulfonamides is 1. The number of rotatable bonds is 6. The van der Waals surface area contributed by atoms with Gasteiger partial charge in [-0.1, -0.05) is 0 Å². The van der Waals surface area contributed by atoms with Gasteiger partial charge in [0.15, 0.2) is 0 Å². The van der Waals surface area contributed by atoms with Crippen LogP contribution in [-0.4, -0.2) is 28.2 Å². The van der Waals surface area contributed by atoms with Crippen LogP contribution < -0.4 is 9.88 Å². The van der Waals surface area contributed by atoms with Gasteiger partial charge in [-0.3, -0.25) is 0 Å². The van der Waals surface area contributed by atoms with Crippen LogP contribution in [0.4, 0.5) is 0 Å². The van der Waals surface area contributed by atoms with Crippen molar-refractivity contribution in [1.82, 2.24) is 0 Å². The molecule has 1 aromatic carbocycles. The zero-order chi connectivity index (χ0) is 14.6. The monoisotopic (exact) mass is 415 g/mol. The summed E-state index contributed by atoms with van der Waals surface area (Å²) < 4.78 is 34.3. The molecule has 0 radical (unpaired) electrons. The van der Waals surface area contributed by atoms with E-state index in [0.29, 0.717) is 21.3 Å². The van der Waals surface area contributed by atoms with Gasteiger partial charge < -0.3 is 9.47 Å². The summed E-state index contributed by atoms with van der Waals surface area (Å²) in [7, 11) is -2.12. The van der Waals surface area contributed by atoms with E-state index >= 15 is 0 Å². The summed E-state index contributed by atoms with van der Waals surface area (Å²) in [4.78, 5) is 0.0168. The van der Waals surface area contributed by atoms with Crippen LogP contribution in [0.1, 0.15) is 13.3 Å². The van der Waals surface area contributed by atoms with E-state index in [1.54, 1.807) is 7.11 Å². The van der Waals surface area contributed by atoms with Crippen LogP contribution in [-0.2, 0) is 14.8 Å². The van der Waals surface area contributed by atoms with Crippen molar-refractivity contribution in [1.29, 1.82) is 0 Å². The lowest BCUT2D eigenvalue weighted by atomic mass is 10.3. The van der Waals surface area contributed by atoms with Crippen molar-refractivity contribution in [2.45, 2.75) is 24.3 Å². The highest BCUT2D eigenvalue weighted by Crippen LogP contribution is 2.36. The molecule has 1 atom stereocenters. The first-order valence-electron chi connectivity index (χ1n) is 5.43. The second-order valence-corrected chi connectivity index (χ2v) is 7.24. The Hall–Kier alpha value is -0.150. The fourth-order valence-electron chi connectivity index (χ4n) is 1.36. The van der Waals surface area contributed by atoms with E-state index < -0.39 is 10.0 Å². The zero-order valence-corrected chi connectivity index (χ0v) is 14.5. The zero-order valence-electron chi connectivity index (χ0n) is 10.5. The largest absolute Gasteiger partial charge is 0.488 e. The molecule has 0 aromatic heterocycles. The van der Waals surface area contributed by atoms with Crippen molar-refractivity contribution in [2.24, 2.45) is 5.14 Å². The highest BCUT2D eigenvalue weighted by Gasteiger charge is 2.16. The molecular weight excluding hydrogens is 402 g/mol. The number of hydrogen-bond donors (Lipinski definition) is 1. The molecule has 1 unspecified atom stereocenters. The molecule has 1 rings (SSSR count). The third kappa shape index (κ3) is 5.03. The van der Waals surface area contributed by atoms with Crippen molar-refractivity contribution in [3.63, 3.8) is 0 Å². The Balaban J connectivity index is 2.98. The van der Waals surface area contributed by atoms with E-state index in [1.807, 2.05) is 6.92 Å². The lowest BCUT2D eigenvalue weighted by molar-refractivity contribution is 0.134. The Morgan fingerprint density at radius 3 is 2.26 bits per heavy atom. The molecule has 2 N–H and O–H groups in total. The normalized spacial score (nSPS) is 13.3. The summed E-state index contributed by atoms with van der Waals surface area (Å²) in [6, 6.07) is 2.83. The minimum atomic E-state index is -3.74. The average Bonchev–Trinajstić information content (AvgIpc) is 2.29. The lowest BCUT2D eigenvalue weighted by Crippen LogP contribution is -2.16. The Labute approximate surface area is 129 Å². The van der Waals surface area contributed by atoms with Crippen molar-refractivity contribution < 1.29 is 17.9 Å². The van der Waals surface area contributed by atoms with Gasteiger partial charge in [-0.2, -0.15) is 0 Å². The maximum Gasteiger partial charge on any atom is 0.238 e. The first-order chi connectivity index (χ1) is 8.75. The molecule has 5 nitrogen and oxygen atoms in total. The van der Waals surface area contributed by atoms with Gasteiger partial charge >= 0.3 is 0 Å². The number of hydrogen-bond acceptors (Lipinski definition) is 4. The number of primary sulfonamides is 1. The smallest absolute Gasteiger partial charge is 0.238 e. The Morgan fingerprint density at radius 2 is 1.84 bits per heavy atom. The van der Waals surface area contributed by atoms with Crippen molar-refractivity contribution in [3.05, 3.63) is 21.1 Å². The van der Waals surface area contributed by atoms with E-state index in [9.17, 15) is 8.42 Å². The van der Waals surface area contributed by atoms with Crippen molar-refractivity contribution >= 4 is 41.9 Å². The molecule has 0 bridgehead atoms. The summed E-state index contributed by atoms with van der Waals surface area (Å²) in [5.74, 6) is 0.538. The second kappa shape index (κ2) is 7.03. The highest BCUT2D eigenvalue weighted by atomic mass is 79.9. The molecule has 0 aliphatic rings. The SMILES string of the molecule is COCCC(C)Oc1c(Br)cc(S(N)(=O)=O)cc1Br. The molecule has 0 aliphatic carbocycles. The second-order valence-electron chi connectivity index (χ2n) is 3.97. The molecule has 1 aromatic rings. The predicted molar refractivity (Wildman–Crippen MR) is 79.8 cm³/mol. The lowest BCUT2D eigenvalue weighted by Gasteiger charge is -2.17. The van der Waals surface area contributed by atoms with Gasteiger partial charge in [0.25, 0.3) is 0 Å². The summed E-state index contributed by atoms with van der Waals surface area (Å²) >= 11 is 6.56. The van der Waals surface area contributed by atoms with Gasteiger partial charge in [-0.25, -0.2) is 13.6 Å². The van der Waals surface area contributed by atoms with Crippen molar-refractivity contribution in [3.8, 4) is 5.75 Å². The van der Waals surface area contributed by atoms with Crippen molar-refractivity contribution in [2.75, 3.05) is 13.7 Å². The third-order valence-electron chi connectivity index (χ3n) is 2.35. The van der Waals surface area contributed by atoms with Crippen LogP contribution in [0.3, 0.4) is 0 Å². The minimum absolute atomic E-state index is 0.0168. The average molecular weight is 417 g/mol. The maximum absolute atomic E-state index is 11.3. The molecule has 0 aliphatic heterocycles. The van der Waals surface area contributed by atoms with Gasteiger partial charge in [-0.05, 0) is 50.9 Å². The fourth-order valence-corrected chi connectivity index (χ4v) is 3.60. The predicted octanol–water partition coefficient (Wildman–Crippen LogP) is 2.66. The number of nitrogens with two attached hydrogens (primary N) is 1. The molecule has 8 heteroatoms. The van der Waals surface area contributed by atoms with E-state index in [2.05, 4.69) is 31.9 Å². The Bertz CT molecular complexity index is 525. The fraction of sp³-hybridized carbons (Fsp3) is 0.455. The summed E-state index contributed by atoms with van der Waals surface area (Å²) in [6.45, 7) is 2.50. The third-order valence-corrected chi connectivity index (χ3v) is 4.42. The molecule has 0 heterocycles. The number of methoxy groups -OCH3 is 1. The number of benzene rings is 1. The summed E-state index contributed by atoms with van der Waals surface area (Å²) in [6.07, 6.45) is 0.666. The Morgan fingerprint density at radius 1 is 1.32 bits per heavy atom. The molecule has 0 amide bonds. The van der Waals surface area contributed by atoms with Gasteiger partial charge in [0.1, 0.15) is 5.75 Å². The maximum atomic E-state index is 11.3. The first-order valence-corrected chi connectivity index (χ1v) is 8.56. The van der Waals surface area contributed by atoms with Crippen LogP contribution in [0.2, 0.25) is 0 Å². The van der Waals surface area contributed by atoms with Gasteiger partial charge in [0.05, 0.1) is 19.9 Å². The highest BCUT2D eigenvalue weighted by molar-refractivity contribution is 9.11. The molecule has 0 saturated heterocycles. The topological polar surface area (TPSA) is 78.6 Å². The van der Waals surface area contributed by atoms with Crippen LogP contribution >= 0.6 is 31.9 Å². The van der Waals surface area contributed by atoms with E-state index in [1.165, 1.54) is 12.1 Å². The quantitative estimate of drug-likeness (QED) is 0.773. The molecular formula is C11H15Br2NO4S. The van der Waals surface area contributed by atoms with Gasteiger partial charge in [-0.15, -0.1) is 0 Å². The molecule has 0 saturated carbocycles. The number of halogens is 2. The molecule has 108 valence electrons. The Kier molecular flexibility index (Phi) is 6.25. The van der Waals surface area contributed by atoms with Gasteiger partial charge in [0, 0.05) is 20.1 Å². The van der Waals surface area contributed by atoms with Gasteiger partial charge in [0.2, 0.25) is 10.0 Å². The number of ether oxygens (including phenoxy) is 2.